The topological polar surface area (TPSA) is 55.1 Å². The van der Waals surface area contributed by atoms with Gasteiger partial charge in [-0.05, 0) is 43.2 Å². The molecule has 0 fully saturated rings. The molecule has 0 spiro atoms. The van der Waals surface area contributed by atoms with Gasteiger partial charge in [0.15, 0.2) is 6.79 Å². The molecule has 102 valence electrons. The van der Waals surface area contributed by atoms with Crippen molar-refractivity contribution in [1.82, 2.24) is 4.98 Å². The van der Waals surface area contributed by atoms with Crippen molar-refractivity contribution in [3.63, 3.8) is 0 Å². The van der Waals surface area contributed by atoms with Gasteiger partial charge in [0.2, 0.25) is 0 Å². The van der Waals surface area contributed by atoms with E-state index in [1.807, 2.05) is 26.0 Å². The van der Waals surface area contributed by atoms with Crippen molar-refractivity contribution in [3.8, 4) is 23.1 Å². The molecule has 1 aromatic carbocycles. The molecule has 0 saturated heterocycles. The Bertz CT molecular complexity index is 660. The van der Waals surface area contributed by atoms with E-state index in [0.29, 0.717) is 11.3 Å². The molecule has 0 saturated carbocycles. The highest BCUT2D eigenvalue weighted by atomic mass is 16.7. The molecule has 0 bridgehead atoms. The zero-order chi connectivity index (χ0) is 14.5. The Labute approximate surface area is 118 Å². The van der Waals surface area contributed by atoms with Gasteiger partial charge in [-0.3, -0.25) is 4.98 Å². The molecule has 0 N–H and O–H groups in total. The second-order valence-electron chi connectivity index (χ2n) is 4.55. The molecule has 20 heavy (non-hydrogen) atoms. The van der Waals surface area contributed by atoms with E-state index in [-0.39, 0.29) is 6.79 Å². The van der Waals surface area contributed by atoms with Gasteiger partial charge in [-0.25, -0.2) is 0 Å². The first-order valence-electron chi connectivity index (χ1n) is 6.25. The second kappa shape index (κ2) is 6.18. The summed E-state index contributed by atoms with van der Waals surface area (Å²) < 4.78 is 10.3. The van der Waals surface area contributed by atoms with Gasteiger partial charge >= 0.3 is 0 Å². The number of rotatable bonds is 4. The Morgan fingerprint density at radius 3 is 2.70 bits per heavy atom. The first kappa shape index (κ1) is 14.0. The van der Waals surface area contributed by atoms with E-state index >= 15 is 0 Å². The summed E-state index contributed by atoms with van der Waals surface area (Å²) in [5.41, 5.74) is 4.28. The van der Waals surface area contributed by atoms with Gasteiger partial charge in [-0.2, -0.15) is 5.26 Å². The van der Waals surface area contributed by atoms with Crippen LogP contribution in [0.4, 0.5) is 0 Å². The first-order chi connectivity index (χ1) is 9.65. The smallest absolute Gasteiger partial charge is 0.188 e. The van der Waals surface area contributed by atoms with Crippen LogP contribution in [0.15, 0.2) is 30.5 Å². The maximum absolute atomic E-state index is 9.25. The number of nitriles is 1. The van der Waals surface area contributed by atoms with Crippen molar-refractivity contribution in [3.05, 3.63) is 47.2 Å². The molecule has 1 aromatic heterocycles. The van der Waals surface area contributed by atoms with Crippen LogP contribution in [0.25, 0.3) is 11.3 Å². The fraction of sp³-hybridized carbons (Fsp3) is 0.250. The minimum Gasteiger partial charge on any atom is -0.468 e. The van der Waals surface area contributed by atoms with Gasteiger partial charge in [0.25, 0.3) is 0 Å². The van der Waals surface area contributed by atoms with E-state index in [9.17, 15) is 5.26 Å². The summed E-state index contributed by atoms with van der Waals surface area (Å²) in [5.74, 6) is 0.655. The standard InChI is InChI=1S/C16H16N2O2/c1-11-6-12(2)16(18-9-11)15-7-14(20-10-19-3)5-4-13(15)8-17/h4-7,9H,10H2,1-3H3. The highest BCUT2D eigenvalue weighted by Crippen LogP contribution is 2.29. The fourth-order valence-corrected chi connectivity index (χ4v) is 2.03. The zero-order valence-corrected chi connectivity index (χ0v) is 11.8. The molecular weight excluding hydrogens is 252 g/mol. The number of aromatic nitrogens is 1. The number of aryl methyl sites for hydroxylation is 2. The summed E-state index contributed by atoms with van der Waals surface area (Å²) in [5, 5.41) is 9.25. The quantitative estimate of drug-likeness (QED) is 0.799. The lowest BCUT2D eigenvalue weighted by Crippen LogP contribution is -2.00. The highest BCUT2D eigenvalue weighted by molar-refractivity contribution is 5.71. The van der Waals surface area contributed by atoms with Gasteiger partial charge in [0.1, 0.15) is 5.75 Å². The molecule has 4 heteroatoms. The Balaban J connectivity index is 2.50. The van der Waals surface area contributed by atoms with E-state index in [1.165, 1.54) is 0 Å². The number of hydrogen-bond acceptors (Lipinski definition) is 4. The largest absolute Gasteiger partial charge is 0.468 e. The van der Waals surface area contributed by atoms with Gasteiger partial charge in [-0.15, -0.1) is 0 Å². The Kier molecular flexibility index (Phi) is 4.34. The van der Waals surface area contributed by atoms with Crippen LogP contribution in [-0.4, -0.2) is 18.9 Å². The van der Waals surface area contributed by atoms with Crippen molar-refractivity contribution in [1.29, 1.82) is 5.26 Å². The summed E-state index contributed by atoms with van der Waals surface area (Å²) in [6, 6.07) is 9.55. The molecule has 0 aliphatic rings. The molecule has 0 amide bonds. The van der Waals surface area contributed by atoms with Crippen LogP contribution in [0.3, 0.4) is 0 Å². The lowest BCUT2D eigenvalue weighted by Gasteiger charge is -2.10. The van der Waals surface area contributed by atoms with Crippen molar-refractivity contribution in [2.24, 2.45) is 0 Å². The number of benzene rings is 1. The number of pyridine rings is 1. The third kappa shape index (κ3) is 2.95. The van der Waals surface area contributed by atoms with Gasteiger partial charge in [0.05, 0.1) is 17.3 Å². The third-order valence-corrected chi connectivity index (χ3v) is 2.93. The molecule has 2 rings (SSSR count). The lowest BCUT2D eigenvalue weighted by molar-refractivity contribution is 0.0511. The van der Waals surface area contributed by atoms with E-state index in [4.69, 9.17) is 9.47 Å². The van der Waals surface area contributed by atoms with E-state index < -0.39 is 0 Å². The minimum atomic E-state index is 0.172. The molecule has 4 nitrogen and oxygen atoms in total. The van der Waals surface area contributed by atoms with Crippen molar-refractivity contribution < 1.29 is 9.47 Å². The highest BCUT2D eigenvalue weighted by Gasteiger charge is 2.11. The van der Waals surface area contributed by atoms with Gasteiger partial charge in [-0.1, -0.05) is 6.07 Å². The van der Waals surface area contributed by atoms with E-state index in [2.05, 4.69) is 11.1 Å². The molecular formula is C16H16N2O2. The van der Waals surface area contributed by atoms with Crippen LogP contribution >= 0.6 is 0 Å². The van der Waals surface area contributed by atoms with Crippen LogP contribution in [-0.2, 0) is 4.74 Å². The zero-order valence-electron chi connectivity index (χ0n) is 11.8. The number of nitrogens with zero attached hydrogens (tertiary/aromatic N) is 2. The first-order valence-corrected chi connectivity index (χ1v) is 6.25. The summed E-state index contributed by atoms with van der Waals surface area (Å²) in [7, 11) is 1.57. The SMILES string of the molecule is COCOc1ccc(C#N)c(-c2ncc(C)cc2C)c1. The predicted molar refractivity (Wildman–Crippen MR) is 76.4 cm³/mol. The maximum atomic E-state index is 9.25. The van der Waals surface area contributed by atoms with Crippen LogP contribution in [0, 0.1) is 25.2 Å². The van der Waals surface area contributed by atoms with E-state index in [0.717, 1.165) is 22.4 Å². The van der Waals surface area contributed by atoms with Gasteiger partial charge in [0, 0.05) is 18.9 Å². The average molecular weight is 268 g/mol. The molecule has 0 aliphatic carbocycles. The molecule has 0 atom stereocenters. The number of hydrogen-bond donors (Lipinski definition) is 0. The van der Waals surface area contributed by atoms with Crippen molar-refractivity contribution >= 4 is 0 Å². The van der Waals surface area contributed by atoms with Crippen LogP contribution in [0.2, 0.25) is 0 Å². The number of ether oxygens (including phenoxy) is 2. The van der Waals surface area contributed by atoms with Crippen LogP contribution < -0.4 is 4.74 Å². The van der Waals surface area contributed by atoms with Crippen LogP contribution in [0.5, 0.6) is 5.75 Å². The Morgan fingerprint density at radius 1 is 1.25 bits per heavy atom. The molecule has 1 heterocycles. The lowest BCUT2D eigenvalue weighted by atomic mass is 10.0. The van der Waals surface area contributed by atoms with Crippen molar-refractivity contribution in [2.75, 3.05) is 13.9 Å². The monoisotopic (exact) mass is 268 g/mol. The average Bonchev–Trinajstić information content (AvgIpc) is 2.45. The van der Waals surface area contributed by atoms with Crippen molar-refractivity contribution in [2.45, 2.75) is 13.8 Å². The molecule has 0 aliphatic heterocycles. The minimum absolute atomic E-state index is 0.172. The molecule has 0 unspecified atom stereocenters. The summed E-state index contributed by atoms with van der Waals surface area (Å²) >= 11 is 0. The summed E-state index contributed by atoms with van der Waals surface area (Å²) in [6.07, 6.45) is 1.80. The summed E-state index contributed by atoms with van der Waals surface area (Å²) in [6.45, 7) is 4.15. The normalized spacial score (nSPS) is 10.1. The fourth-order valence-electron chi connectivity index (χ4n) is 2.03. The van der Waals surface area contributed by atoms with E-state index in [1.54, 1.807) is 25.4 Å². The van der Waals surface area contributed by atoms with Gasteiger partial charge < -0.3 is 9.47 Å². The Morgan fingerprint density at radius 2 is 2.05 bits per heavy atom. The maximum Gasteiger partial charge on any atom is 0.188 e. The molecule has 0 radical (unpaired) electrons. The second-order valence-corrected chi connectivity index (χ2v) is 4.55. The van der Waals surface area contributed by atoms with Crippen LogP contribution in [0.1, 0.15) is 16.7 Å². The predicted octanol–water partition coefficient (Wildman–Crippen LogP) is 3.22. The summed E-state index contributed by atoms with van der Waals surface area (Å²) in [4.78, 5) is 4.44. The number of methoxy groups -OCH3 is 1. The Hall–Kier alpha value is -2.38. The third-order valence-electron chi connectivity index (χ3n) is 2.93. The molecule has 2 aromatic rings.